The summed E-state index contributed by atoms with van der Waals surface area (Å²) < 4.78 is 12.4. The van der Waals surface area contributed by atoms with Crippen molar-refractivity contribution >= 4 is 44.7 Å². The molecule has 0 saturated carbocycles. The lowest BCUT2D eigenvalue weighted by Crippen LogP contribution is -2.30. The zero-order valence-electron chi connectivity index (χ0n) is 20.5. The monoisotopic (exact) mass is 556 g/mol. The number of methoxy groups -OCH3 is 1. The molecule has 0 aliphatic carbocycles. The van der Waals surface area contributed by atoms with Crippen LogP contribution in [0.15, 0.2) is 89.0 Å². The second-order valence-electron chi connectivity index (χ2n) is 8.83. The van der Waals surface area contributed by atoms with Crippen LogP contribution < -0.4 is 14.8 Å². The van der Waals surface area contributed by atoms with Crippen LogP contribution in [-0.4, -0.2) is 23.9 Å². The third-order valence-corrected chi connectivity index (χ3v) is 6.79. The van der Waals surface area contributed by atoms with Crippen molar-refractivity contribution in [3.63, 3.8) is 0 Å². The van der Waals surface area contributed by atoms with E-state index in [2.05, 4.69) is 39.4 Å². The molecule has 0 radical (unpaired) electrons. The minimum atomic E-state index is -0.446. The Balaban J connectivity index is 1.36. The van der Waals surface area contributed by atoms with Crippen molar-refractivity contribution in [1.82, 2.24) is 10.2 Å². The molecule has 1 saturated heterocycles. The van der Waals surface area contributed by atoms with Gasteiger partial charge in [-0.3, -0.25) is 9.69 Å². The highest BCUT2D eigenvalue weighted by atomic mass is 79.9. The van der Waals surface area contributed by atoms with Crippen molar-refractivity contribution in [3.05, 3.63) is 111 Å². The van der Waals surface area contributed by atoms with Crippen LogP contribution in [0.4, 0.5) is 4.79 Å². The Morgan fingerprint density at radius 3 is 2.57 bits per heavy atom. The van der Waals surface area contributed by atoms with Gasteiger partial charge in [-0.25, -0.2) is 4.79 Å². The molecule has 186 valence electrons. The summed E-state index contributed by atoms with van der Waals surface area (Å²) in [6, 6.07) is 25.2. The smallest absolute Gasteiger partial charge is 0.329 e. The first kappa shape index (κ1) is 24.6. The maximum Gasteiger partial charge on any atom is 0.329 e. The van der Waals surface area contributed by atoms with Gasteiger partial charge in [0.25, 0.3) is 5.91 Å². The molecule has 1 N–H and O–H groups in total. The van der Waals surface area contributed by atoms with Gasteiger partial charge in [0.1, 0.15) is 12.3 Å². The Labute approximate surface area is 223 Å². The Bertz CT molecular complexity index is 1540. The number of nitrogens with zero attached hydrogens (tertiary/aromatic N) is 1. The van der Waals surface area contributed by atoms with Gasteiger partial charge in [-0.1, -0.05) is 72.3 Å². The number of benzene rings is 4. The lowest BCUT2D eigenvalue weighted by Gasteiger charge is -2.15. The lowest BCUT2D eigenvalue weighted by molar-refractivity contribution is -0.123. The molecule has 1 heterocycles. The van der Waals surface area contributed by atoms with Gasteiger partial charge < -0.3 is 14.8 Å². The predicted molar refractivity (Wildman–Crippen MR) is 147 cm³/mol. The number of amides is 3. The average molecular weight is 557 g/mol. The molecule has 3 amide bonds. The Kier molecular flexibility index (Phi) is 6.97. The molecule has 1 fully saturated rings. The molecule has 1 aliphatic heterocycles. The maximum atomic E-state index is 13.0. The highest BCUT2D eigenvalue weighted by Crippen LogP contribution is 2.38. The molecule has 0 aromatic heterocycles. The van der Waals surface area contributed by atoms with Gasteiger partial charge in [0.15, 0.2) is 11.5 Å². The van der Waals surface area contributed by atoms with Crippen LogP contribution in [0.5, 0.6) is 11.5 Å². The van der Waals surface area contributed by atoms with E-state index in [0.29, 0.717) is 28.1 Å². The maximum absolute atomic E-state index is 13.0. The number of hydrogen-bond donors (Lipinski definition) is 1. The first-order chi connectivity index (χ1) is 17.9. The molecule has 0 atom stereocenters. The highest BCUT2D eigenvalue weighted by Gasteiger charge is 2.33. The largest absolute Gasteiger partial charge is 0.493 e. The number of halogens is 1. The van der Waals surface area contributed by atoms with Crippen molar-refractivity contribution in [2.45, 2.75) is 20.1 Å². The van der Waals surface area contributed by atoms with Gasteiger partial charge in [0, 0.05) is 0 Å². The number of aryl methyl sites for hydroxylation is 1. The normalized spacial score (nSPS) is 14.4. The van der Waals surface area contributed by atoms with Gasteiger partial charge in [-0.05, 0) is 68.5 Å². The van der Waals surface area contributed by atoms with E-state index < -0.39 is 6.03 Å². The third-order valence-electron chi connectivity index (χ3n) is 6.20. The van der Waals surface area contributed by atoms with Crippen LogP contribution in [0.1, 0.15) is 22.3 Å². The molecule has 0 spiro atoms. The summed E-state index contributed by atoms with van der Waals surface area (Å²) in [5, 5.41) is 4.96. The van der Waals surface area contributed by atoms with E-state index in [1.54, 1.807) is 19.3 Å². The fourth-order valence-electron chi connectivity index (χ4n) is 4.41. The minimum absolute atomic E-state index is 0.205. The average Bonchev–Trinajstić information content (AvgIpc) is 3.15. The van der Waals surface area contributed by atoms with Crippen molar-refractivity contribution < 1.29 is 19.1 Å². The topological polar surface area (TPSA) is 67.9 Å². The third kappa shape index (κ3) is 5.22. The number of carbonyl (C=O) groups excluding carboxylic acids is 2. The quantitative estimate of drug-likeness (QED) is 0.206. The first-order valence-electron chi connectivity index (χ1n) is 11.8. The summed E-state index contributed by atoms with van der Waals surface area (Å²) in [7, 11) is 1.57. The van der Waals surface area contributed by atoms with Crippen LogP contribution in [0, 0.1) is 6.92 Å². The summed E-state index contributed by atoms with van der Waals surface area (Å²) in [5.41, 5.74) is 3.91. The Morgan fingerprint density at radius 2 is 1.76 bits per heavy atom. The predicted octanol–water partition coefficient (Wildman–Crippen LogP) is 6.59. The summed E-state index contributed by atoms with van der Waals surface area (Å²) in [6.45, 7) is 2.54. The van der Waals surface area contributed by atoms with Crippen molar-refractivity contribution in [1.29, 1.82) is 0 Å². The van der Waals surface area contributed by atoms with E-state index in [1.165, 1.54) is 4.90 Å². The van der Waals surface area contributed by atoms with E-state index in [9.17, 15) is 9.59 Å². The number of ether oxygens (including phenoxy) is 2. The van der Waals surface area contributed by atoms with Gasteiger partial charge in [-0.15, -0.1) is 0 Å². The molecule has 37 heavy (non-hydrogen) atoms. The van der Waals surface area contributed by atoms with Crippen molar-refractivity contribution in [3.8, 4) is 11.5 Å². The molecular weight excluding hydrogens is 532 g/mol. The second-order valence-corrected chi connectivity index (χ2v) is 9.68. The molecular formula is C30H25BrN2O4. The number of urea groups is 1. The molecule has 1 aliphatic rings. The lowest BCUT2D eigenvalue weighted by atomic mass is 10.1. The molecule has 4 aromatic rings. The number of carbonyl (C=O) groups is 2. The standard InChI is InChI=1S/C30H25BrN2O4/c1-19-7-5-8-20(13-19)17-33-29(34)26(32-30(33)35)15-21-14-25(31)28(27(16-21)36-2)37-18-23-11-6-10-22-9-3-4-12-24(22)23/h3-16H,17-18H2,1-2H3,(H,32,35)/b26-15-. The molecule has 0 bridgehead atoms. The van der Waals surface area contributed by atoms with E-state index in [0.717, 1.165) is 27.5 Å². The van der Waals surface area contributed by atoms with Crippen LogP contribution in [-0.2, 0) is 17.9 Å². The molecule has 4 aromatic carbocycles. The van der Waals surface area contributed by atoms with E-state index in [4.69, 9.17) is 9.47 Å². The number of rotatable bonds is 7. The fraction of sp³-hybridized carbons (Fsp3) is 0.133. The highest BCUT2D eigenvalue weighted by molar-refractivity contribution is 9.10. The Hall–Kier alpha value is -4.10. The SMILES string of the molecule is COc1cc(/C=C2\NC(=O)N(Cc3cccc(C)c3)C2=O)cc(Br)c1OCc1cccc2ccccc12. The number of fused-ring (bicyclic) bond motifs is 1. The number of nitrogens with one attached hydrogen (secondary N) is 1. The summed E-state index contributed by atoms with van der Waals surface area (Å²) in [6.07, 6.45) is 1.64. The van der Waals surface area contributed by atoms with Crippen molar-refractivity contribution in [2.24, 2.45) is 0 Å². The molecule has 7 heteroatoms. The van der Waals surface area contributed by atoms with Crippen LogP contribution in [0.3, 0.4) is 0 Å². The zero-order chi connectivity index (χ0) is 25.9. The van der Waals surface area contributed by atoms with Gasteiger partial charge in [-0.2, -0.15) is 0 Å². The summed E-state index contributed by atoms with van der Waals surface area (Å²) in [5.74, 6) is 0.688. The van der Waals surface area contributed by atoms with Crippen LogP contribution in [0.25, 0.3) is 16.8 Å². The molecule has 5 rings (SSSR count). The van der Waals surface area contributed by atoms with Gasteiger partial charge in [0.05, 0.1) is 18.1 Å². The molecule has 0 unspecified atom stereocenters. The van der Waals surface area contributed by atoms with E-state index >= 15 is 0 Å². The van der Waals surface area contributed by atoms with Crippen molar-refractivity contribution in [2.75, 3.05) is 7.11 Å². The van der Waals surface area contributed by atoms with E-state index in [-0.39, 0.29) is 18.1 Å². The first-order valence-corrected chi connectivity index (χ1v) is 12.6. The van der Waals surface area contributed by atoms with Gasteiger partial charge >= 0.3 is 6.03 Å². The fourth-order valence-corrected chi connectivity index (χ4v) is 4.98. The van der Waals surface area contributed by atoms with Gasteiger partial charge in [0.2, 0.25) is 0 Å². The number of imide groups is 1. The zero-order valence-corrected chi connectivity index (χ0v) is 22.0. The summed E-state index contributed by atoms with van der Waals surface area (Å²) >= 11 is 3.58. The molecule has 6 nitrogen and oxygen atoms in total. The second kappa shape index (κ2) is 10.5. The summed E-state index contributed by atoms with van der Waals surface area (Å²) in [4.78, 5) is 26.7. The number of hydrogen-bond acceptors (Lipinski definition) is 4. The Morgan fingerprint density at radius 1 is 0.973 bits per heavy atom. The van der Waals surface area contributed by atoms with Crippen LogP contribution >= 0.6 is 15.9 Å². The minimum Gasteiger partial charge on any atom is -0.493 e. The van der Waals surface area contributed by atoms with E-state index in [1.807, 2.05) is 61.5 Å². The van der Waals surface area contributed by atoms with Crippen LogP contribution in [0.2, 0.25) is 0 Å².